The molecule has 1 amide bonds. The summed E-state index contributed by atoms with van der Waals surface area (Å²) in [6, 6.07) is 13.3. The summed E-state index contributed by atoms with van der Waals surface area (Å²) in [5.74, 6) is -3.49. The number of amides is 1. The maximum Gasteiger partial charge on any atom is 0.336 e. The molecule has 0 radical (unpaired) electrons. The second-order valence-corrected chi connectivity index (χ2v) is 10.5. The van der Waals surface area contributed by atoms with Crippen LogP contribution in [0.1, 0.15) is 20.7 Å². The van der Waals surface area contributed by atoms with Crippen molar-refractivity contribution in [3.05, 3.63) is 83.7 Å². The largest absolute Gasteiger partial charge is 0.478 e. The van der Waals surface area contributed by atoms with E-state index >= 15 is 0 Å². The molecule has 0 aliphatic heterocycles. The van der Waals surface area contributed by atoms with Crippen molar-refractivity contribution in [2.75, 3.05) is 16.3 Å². The lowest BCUT2D eigenvalue weighted by molar-refractivity contribution is 0.0691. The molecule has 0 aliphatic rings. The van der Waals surface area contributed by atoms with Gasteiger partial charge in [0.25, 0.3) is 5.91 Å². The number of hydrogen-bond acceptors (Lipinski definition) is 6. The summed E-state index contributed by atoms with van der Waals surface area (Å²) in [4.78, 5) is 23.5. The minimum Gasteiger partial charge on any atom is -0.478 e. The van der Waals surface area contributed by atoms with E-state index in [0.717, 1.165) is 18.4 Å². The quantitative estimate of drug-likeness (QED) is 0.459. The topological polar surface area (TPSA) is 147 Å². The SMILES string of the molecule is CS(=O)(=O)Nc1ccc(S(=O)(=O)c2ccc(NC(=O)c3c(F)cccc3C(=O)O)cc2)cc1. The van der Waals surface area contributed by atoms with Gasteiger partial charge in [0.1, 0.15) is 5.82 Å². The number of sulfone groups is 1. The van der Waals surface area contributed by atoms with Crippen molar-refractivity contribution in [3.8, 4) is 0 Å². The monoisotopic (exact) mass is 492 g/mol. The fraction of sp³-hybridized carbons (Fsp3) is 0.0476. The first kappa shape index (κ1) is 23.9. The van der Waals surface area contributed by atoms with E-state index in [0.29, 0.717) is 0 Å². The number of carbonyl (C=O) groups is 2. The van der Waals surface area contributed by atoms with Crippen LogP contribution in [0.4, 0.5) is 15.8 Å². The number of rotatable bonds is 7. The van der Waals surface area contributed by atoms with Gasteiger partial charge in [-0.05, 0) is 60.7 Å². The molecule has 3 N–H and O–H groups in total. The molecule has 0 unspecified atom stereocenters. The zero-order chi connectivity index (χ0) is 24.4. The summed E-state index contributed by atoms with van der Waals surface area (Å²) in [5.41, 5.74) is -0.848. The van der Waals surface area contributed by atoms with Crippen molar-refractivity contribution in [2.45, 2.75) is 9.79 Å². The van der Waals surface area contributed by atoms with Gasteiger partial charge in [-0.2, -0.15) is 0 Å². The average Bonchev–Trinajstić information content (AvgIpc) is 2.73. The van der Waals surface area contributed by atoms with Gasteiger partial charge >= 0.3 is 5.97 Å². The van der Waals surface area contributed by atoms with Crippen molar-refractivity contribution in [1.29, 1.82) is 0 Å². The van der Waals surface area contributed by atoms with Gasteiger partial charge in [0, 0.05) is 11.4 Å². The number of carbonyl (C=O) groups excluding carboxylic acids is 1. The Bertz CT molecular complexity index is 1430. The number of anilines is 2. The third-order valence-electron chi connectivity index (χ3n) is 4.36. The first-order chi connectivity index (χ1) is 15.4. The van der Waals surface area contributed by atoms with Crippen LogP contribution in [0.15, 0.2) is 76.5 Å². The molecule has 3 aromatic rings. The minimum absolute atomic E-state index is 0.0872. The summed E-state index contributed by atoms with van der Waals surface area (Å²) in [6.07, 6.45) is 0.965. The number of nitrogens with one attached hydrogen (secondary N) is 2. The minimum atomic E-state index is -3.95. The summed E-state index contributed by atoms with van der Waals surface area (Å²) in [7, 11) is -7.46. The first-order valence-electron chi connectivity index (χ1n) is 9.14. The van der Waals surface area contributed by atoms with Gasteiger partial charge in [-0.3, -0.25) is 9.52 Å². The fourth-order valence-corrected chi connectivity index (χ4v) is 4.72. The second-order valence-electron chi connectivity index (χ2n) is 6.85. The van der Waals surface area contributed by atoms with Crippen LogP contribution < -0.4 is 10.0 Å². The molecule has 0 aromatic heterocycles. The van der Waals surface area contributed by atoms with Crippen LogP contribution in [-0.2, 0) is 19.9 Å². The molecule has 0 aliphatic carbocycles. The van der Waals surface area contributed by atoms with E-state index in [9.17, 15) is 30.8 Å². The molecule has 3 rings (SSSR count). The second kappa shape index (κ2) is 9.00. The number of sulfonamides is 1. The number of aromatic carboxylic acids is 1. The molecule has 12 heteroatoms. The fourth-order valence-electron chi connectivity index (χ4n) is 2.90. The molecule has 0 heterocycles. The first-order valence-corrected chi connectivity index (χ1v) is 12.5. The smallest absolute Gasteiger partial charge is 0.336 e. The molecule has 0 atom stereocenters. The Hall–Kier alpha value is -3.77. The van der Waals surface area contributed by atoms with Gasteiger partial charge in [0.15, 0.2) is 0 Å². The van der Waals surface area contributed by atoms with Crippen LogP contribution in [0.25, 0.3) is 0 Å². The number of benzene rings is 3. The highest BCUT2D eigenvalue weighted by Gasteiger charge is 2.22. The molecule has 0 bridgehead atoms. The Kier molecular flexibility index (Phi) is 6.51. The predicted octanol–water partition coefficient (Wildman–Crippen LogP) is 2.98. The van der Waals surface area contributed by atoms with Crippen LogP contribution >= 0.6 is 0 Å². The van der Waals surface area contributed by atoms with Crippen LogP contribution in [0.2, 0.25) is 0 Å². The molecular weight excluding hydrogens is 475 g/mol. The van der Waals surface area contributed by atoms with Crippen LogP contribution in [-0.4, -0.2) is 40.1 Å². The molecule has 0 saturated heterocycles. The highest BCUT2D eigenvalue weighted by atomic mass is 32.2. The van der Waals surface area contributed by atoms with E-state index in [2.05, 4.69) is 10.0 Å². The van der Waals surface area contributed by atoms with E-state index in [1.165, 1.54) is 54.6 Å². The third-order valence-corrected chi connectivity index (χ3v) is 6.75. The van der Waals surface area contributed by atoms with E-state index in [1.807, 2.05) is 0 Å². The van der Waals surface area contributed by atoms with Gasteiger partial charge in [0.05, 0.1) is 27.2 Å². The predicted molar refractivity (Wildman–Crippen MR) is 118 cm³/mol. The molecule has 0 spiro atoms. The Morgan fingerprint density at radius 1 is 0.818 bits per heavy atom. The molecule has 33 heavy (non-hydrogen) atoms. The van der Waals surface area contributed by atoms with Crippen molar-refractivity contribution in [3.63, 3.8) is 0 Å². The molecule has 9 nitrogen and oxygen atoms in total. The van der Waals surface area contributed by atoms with Crippen LogP contribution in [0.5, 0.6) is 0 Å². The number of hydrogen-bond donors (Lipinski definition) is 3. The van der Waals surface area contributed by atoms with Gasteiger partial charge < -0.3 is 10.4 Å². The van der Waals surface area contributed by atoms with Crippen LogP contribution in [0.3, 0.4) is 0 Å². The van der Waals surface area contributed by atoms with Gasteiger partial charge in [-0.1, -0.05) is 6.07 Å². The van der Waals surface area contributed by atoms with Crippen molar-refractivity contribution in [1.82, 2.24) is 0 Å². The van der Waals surface area contributed by atoms with E-state index in [1.54, 1.807) is 0 Å². The number of carboxylic acid groups (broad SMARTS) is 1. The van der Waals surface area contributed by atoms with E-state index in [4.69, 9.17) is 5.11 Å². The van der Waals surface area contributed by atoms with Crippen molar-refractivity contribution < 1.29 is 35.9 Å². The summed E-state index contributed by atoms with van der Waals surface area (Å²) >= 11 is 0. The molecular formula is C21H17FN2O7S2. The summed E-state index contributed by atoms with van der Waals surface area (Å²) < 4.78 is 64.4. The molecule has 172 valence electrons. The normalized spacial score (nSPS) is 11.6. The van der Waals surface area contributed by atoms with Crippen molar-refractivity contribution >= 4 is 43.1 Å². The highest BCUT2D eigenvalue weighted by Crippen LogP contribution is 2.24. The highest BCUT2D eigenvalue weighted by molar-refractivity contribution is 7.92. The lowest BCUT2D eigenvalue weighted by atomic mass is 10.1. The lowest BCUT2D eigenvalue weighted by Crippen LogP contribution is -2.18. The Morgan fingerprint density at radius 2 is 1.33 bits per heavy atom. The van der Waals surface area contributed by atoms with Crippen molar-refractivity contribution in [2.24, 2.45) is 0 Å². The third kappa shape index (κ3) is 5.54. The molecule has 0 fully saturated rings. The maximum absolute atomic E-state index is 14.0. The zero-order valence-corrected chi connectivity index (χ0v) is 18.6. The van der Waals surface area contributed by atoms with E-state index < -0.39 is 48.7 Å². The molecule has 3 aromatic carbocycles. The Balaban J connectivity index is 1.82. The molecule has 0 saturated carbocycles. The standard InChI is InChI=1S/C21H17FN2O7S2/c1-32(28,29)24-14-7-11-16(12-8-14)33(30,31)15-9-5-13(6-10-15)23-20(25)19-17(21(26)27)3-2-4-18(19)22/h2-12,24H,1H3,(H,23,25)(H,26,27). The number of carboxylic acids is 1. The average molecular weight is 493 g/mol. The summed E-state index contributed by atoms with van der Waals surface area (Å²) in [6.45, 7) is 0. The lowest BCUT2D eigenvalue weighted by Gasteiger charge is -2.10. The van der Waals surface area contributed by atoms with Gasteiger partial charge in [-0.15, -0.1) is 0 Å². The van der Waals surface area contributed by atoms with Crippen LogP contribution in [0, 0.1) is 5.82 Å². The maximum atomic E-state index is 14.0. The zero-order valence-electron chi connectivity index (χ0n) is 16.9. The van der Waals surface area contributed by atoms with Gasteiger partial charge in [0.2, 0.25) is 19.9 Å². The Labute approximate surface area is 188 Å². The summed E-state index contributed by atoms with van der Waals surface area (Å²) in [5, 5.41) is 11.5. The Morgan fingerprint density at radius 3 is 1.82 bits per heavy atom. The van der Waals surface area contributed by atoms with Gasteiger partial charge in [-0.25, -0.2) is 26.0 Å². The van der Waals surface area contributed by atoms with E-state index in [-0.39, 0.29) is 21.2 Å². The number of halogens is 1.